The van der Waals surface area contributed by atoms with Gasteiger partial charge in [0.2, 0.25) is 5.91 Å². The second kappa shape index (κ2) is 6.57. The summed E-state index contributed by atoms with van der Waals surface area (Å²) in [4.78, 5) is 25.0. The van der Waals surface area contributed by atoms with Crippen LogP contribution < -0.4 is 16.0 Å². The summed E-state index contributed by atoms with van der Waals surface area (Å²) in [5.74, 6) is 0.384. The number of anilines is 3. The molecular formula is C19H21N5OS. The van der Waals surface area contributed by atoms with Crippen LogP contribution in [0.5, 0.6) is 0 Å². The van der Waals surface area contributed by atoms with Gasteiger partial charge in [0.15, 0.2) is 0 Å². The lowest BCUT2D eigenvalue weighted by Gasteiger charge is -2.22. The van der Waals surface area contributed by atoms with E-state index in [9.17, 15) is 4.79 Å². The van der Waals surface area contributed by atoms with Crippen molar-refractivity contribution in [3.63, 3.8) is 0 Å². The van der Waals surface area contributed by atoms with E-state index in [0.717, 1.165) is 53.3 Å². The van der Waals surface area contributed by atoms with Crippen molar-refractivity contribution in [2.75, 3.05) is 23.3 Å². The molecule has 2 aromatic heterocycles. The maximum atomic E-state index is 11.6. The van der Waals surface area contributed by atoms with Crippen molar-refractivity contribution in [3.05, 3.63) is 40.5 Å². The first kappa shape index (κ1) is 16.8. The molecule has 0 spiro atoms. The molecule has 3 heterocycles. The van der Waals surface area contributed by atoms with Crippen LogP contribution in [0.3, 0.4) is 0 Å². The van der Waals surface area contributed by atoms with Crippen molar-refractivity contribution in [2.45, 2.75) is 26.7 Å². The predicted octanol–water partition coefficient (Wildman–Crippen LogP) is 3.75. The molecular weight excluding hydrogens is 346 g/mol. The maximum absolute atomic E-state index is 11.6. The number of primary amides is 1. The Bertz CT molecular complexity index is 991. The molecule has 1 aromatic carbocycles. The molecule has 0 atom stereocenters. The van der Waals surface area contributed by atoms with Gasteiger partial charge in [-0.15, -0.1) is 11.3 Å². The van der Waals surface area contributed by atoms with Crippen LogP contribution in [0.1, 0.15) is 33.6 Å². The molecule has 1 amide bonds. The summed E-state index contributed by atoms with van der Waals surface area (Å²) >= 11 is 1.68. The molecule has 3 aromatic rings. The highest BCUT2D eigenvalue weighted by Crippen LogP contribution is 2.37. The van der Waals surface area contributed by atoms with Crippen LogP contribution in [0.25, 0.3) is 10.2 Å². The maximum Gasteiger partial charge on any atom is 0.248 e. The number of carbonyl (C=O) groups is 1. The Morgan fingerprint density at radius 3 is 2.73 bits per heavy atom. The van der Waals surface area contributed by atoms with Crippen LogP contribution in [-0.2, 0) is 0 Å². The van der Waals surface area contributed by atoms with Gasteiger partial charge in [-0.2, -0.15) is 0 Å². The van der Waals surface area contributed by atoms with Gasteiger partial charge in [-0.05, 0) is 50.5 Å². The second-order valence-electron chi connectivity index (χ2n) is 6.60. The SMILES string of the molecule is Cc1sc2ncnc(Nc3ccc(C(N)=O)cc3N3CCCC3)c2c1C. The van der Waals surface area contributed by atoms with Crippen LogP contribution >= 0.6 is 11.3 Å². The molecule has 4 rings (SSSR count). The Balaban J connectivity index is 1.80. The minimum absolute atomic E-state index is 0.411. The van der Waals surface area contributed by atoms with Crippen LogP contribution in [0, 0.1) is 13.8 Å². The van der Waals surface area contributed by atoms with Crippen LogP contribution in [0.2, 0.25) is 0 Å². The average Bonchev–Trinajstić information content (AvgIpc) is 3.25. The number of benzene rings is 1. The van der Waals surface area contributed by atoms with Crippen molar-refractivity contribution >= 4 is 44.7 Å². The number of aryl methyl sites for hydroxylation is 2. The molecule has 0 bridgehead atoms. The fourth-order valence-electron chi connectivity index (χ4n) is 3.42. The van der Waals surface area contributed by atoms with Crippen molar-refractivity contribution in [1.82, 2.24) is 9.97 Å². The topological polar surface area (TPSA) is 84.1 Å². The first-order chi connectivity index (χ1) is 12.5. The molecule has 0 unspecified atom stereocenters. The molecule has 134 valence electrons. The number of hydrogen-bond donors (Lipinski definition) is 2. The Kier molecular flexibility index (Phi) is 4.24. The van der Waals surface area contributed by atoms with Crippen molar-refractivity contribution in [2.24, 2.45) is 5.73 Å². The fraction of sp³-hybridized carbons (Fsp3) is 0.316. The monoisotopic (exact) mass is 367 g/mol. The quantitative estimate of drug-likeness (QED) is 0.734. The Morgan fingerprint density at radius 1 is 1.23 bits per heavy atom. The standard InChI is InChI=1S/C19H21N5OS/c1-11-12(2)26-19-16(11)18(21-10-22-19)23-14-6-5-13(17(20)25)9-15(14)24-7-3-4-8-24/h5-6,9-10H,3-4,7-8H2,1-2H3,(H2,20,25)(H,21,22,23). The van der Waals surface area contributed by atoms with Crippen molar-refractivity contribution < 1.29 is 4.79 Å². The van der Waals surface area contributed by atoms with E-state index < -0.39 is 5.91 Å². The number of carbonyl (C=O) groups excluding carboxylic acids is 1. The highest BCUT2D eigenvalue weighted by molar-refractivity contribution is 7.18. The van der Waals surface area contributed by atoms with E-state index in [0.29, 0.717) is 5.56 Å². The predicted molar refractivity (Wildman–Crippen MR) is 107 cm³/mol. The van der Waals surface area contributed by atoms with Gasteiger partial charge in [0, 0.05) is 23.5 Å². The van der Waals surface area contributed by atoms with Crippen molar-refractivity contribution in [1.29, 1.82) is 0 Å². The molecule has 0 saturated carbocycles. The lowest BCUT2D eigenvalue weighted by molar-refractivity contribution is 0.100. The molecule has 26 heavy (non-hydrogen) atoms. The molecule has 1 fully saturated rings. The van der Waals surface area contributed by atoms with Gasteiger partial charge in [0.05, 0.1) is 16.8 Å². The fourth-order valence-corrected chi connectivity index (χ4v) is 4.41. The summed E-state index contributed by atoms with van der Waals surface area (Å²) in [7, 11) is 0. The number of nitrogens with two attached hydrogens (primary N) is 1. The third-order valence-corrected chi connectivity index (χ3v) is 6.06. The minimum atomic E-state index is -0.411. The lowest BCUT2D eigenvalue weighted by Crippen LogP contribution is -2.20. The van der Waals surface area contributed by atoms with E-state index in [-0.39, 0.29) is 0 Å². The molecule has 7 heteroatoms. The Hall–Kier alpha value is -2.67. The Morgan fingerprint density at radius 2 is 2.00 bits per heavy atom. The lowest BCUT2D eigenvalue weighted by atomic mass is 10.1. The molecule has 0 aliphatic carbocycles. The van der Waals surface area contributed by atoms with Gasteiger partial charge in [-0.3, -0.25) is 4.79 Å². The molecule has 1 aliphatic heterocycles. The van der Waals surface area contributed by atoms with Crippen LogP contribution in [-0.4, -0.2) is 29.0 Å². The van der Waals surface area contributed by atoms with Gasteiger partial charge < -0.3 is 16.0 Å². The van der Waals surface area contributed by atoms with Crippen LogP contribution in [0.15, 0.2) is 24.5 Å². The molecule has 1 aliphatic rings. The number of aromatic nitrogens is 2. The second-order valence-corrected chi connectivity index (χ2v) is 7.80. The van der Waals surface area contributed by atoms with Gasteiger partial charge in [-0.1, -0.05) is 0 Å². The number of fused-ring (bicyclic) bond motifs is 1. The van der Waals surface area contributed by atoms with E-state index >= 15 is 0 Å². The number of nitrogens with zero attached hydrogens (tertiary/aromatic N) is 3. The van der Waals surface area contributed by atoms with E-state index in [4.69, 9.17) is 5.73 Å². The summed E-state index contributed by atoms with van der Waals surface area (Å²) in [5.41, 5.74) is 9.13. The summed E-state index contributed by atoms with van der Waals surface area (Å²) in [6, 6.07) is 5.55. The number of rotatable bonds is 4. The number of thiophene rings is 1. The third-order valence-electron chi connectivity index (χ3n) is 4.95. The molecule has 6 nitrogen and oxygen atoms in total. The largest absolute Gasteiger partial charge is 0.370 e. The van der Waals surface area contributed by atoms with Gasteiger partial charge in [-0.25, -0.2) is 9.97 Å². The number of amides is 1. The zero-order valence-electron chi connectivity index (χ0n) is 14.9. The first-order valence-electron chi connectivity index (χ1n) is 8.71. The normalized spacial score (nSPS) is 14.2. The van der Waals surface area contributed by atoms with Crippen LogP contribution in [0.4, 0.5) is 17.2 Å². The summed E-state index contributed by atoms with van der Waals surface area (Å²) in [6.07, 6.45) is 3.90. The molecule has 3 N–H and O–H groups in total. The first-order valence-corrected chi connectivity index (χ1v) is 9.53. The zero-order chi connectivity index (χ0) is 18.3. The summed E-state index contributed by atoms with van der Waals surface area (Å²) in [5, 5.41) is 4.53. The van der Waals surface area contributed by atoms with Gasteiger partial charge in [0.25, 0.3) is 0 Å². The number of nitrogens with one attached hydrogen (secondary N) is 1. The smallest absolute Gasteiger partial charge is 0.248 e. The average molecular weight is 367 g/mol. The van der Waals surface area contributed by atoms with Crippen molar-refractivity contribution in [3.8, 4) is 0 Å². The van der Waals surface area contributed by atoms with E-state index in [2.05, 4.69) is 34.0 Å². The number of hydrogen-bond acceptors (Lipinski definition) is 6. The zero-order valence-corrected chi connectivity index (χ0v) is 15.7. The van der Waals surface area contributed by atoms with E-state index in [1.807, 2.05) is 12.1 Å². The molecule has 0 radical (unpaired) electrons. The highest BCUT2D eigenvalue weighted by atomic mass is 32.1. The Labute approximate surface area is 156 Å². The van der Waals surface area contributed by atoms with Gasteiger partial charge >= 0.3 is 0 Å². The highest BCUT2D eigenvalue weighted by Gasteiger charge is 2.19. The molecule has 1 saturated heterocycles. The third kappa shape index (κ3) is 2.88. The van der Waals surface area contributed by atoms with E-state index in [1.54, 1.807) is 23.7 Å². The summed E-state index contributed by atoms with van der Waals surface area (Å²) in [6.45, 7) is 6.16. The summed E-state index contributed by atoms with van der Waals surface area (Å²) < 4.78 is 0. The van der Waals surface area contributed by atoms with Gasteiger partial charge in [0.1, 0.15) is 17.0 Å². The minimum Gasteiger partial charge on any atom is -0.370 e. The van der Waals surface area contributed by atoms with E-state index in [1.165, 1.54) is 10.4 Å².